The minimum absolute atomic E-state index is 0.0261. The van der Waals surface area contributed by atoms with Gasteiger partial charge in [0.1, 0.15) is 0 Å². The van der Waals surface area contributed by atoms with Crippen LogP contribution >= 0.6 is 11.6 Å². The van der Waals surface area contributed by atoms with Gasteiger partial charge in [0.15, 0.2) is 5.78 Å². The molecule has 2 rings (SSSR count). The lowest BCUT2D eigenvalue weighted by molar-refractivity contribution is 0.101. The zero-order valence-corrected chi connectivity index (χ0v) is 11.4. The van der Waals surface area contributed by atoms with Crippen LogP contribution in [-0.2, 0) is 0 Å². The van der Waals surface area contributed by atoms with Crippen LogP contribution in [0.4, 0.5) is 0 Å². The number of benzene rings is 1. The lowest BCUT2D eigenvalue weighted by Gasteiger charge is -2.13. The summed E-state index contributed by atoms with van der Waals surface area (Å²) in [7, 11) is 0. The Balaban J connectivity index is 2.66. The monoisotopic (exact) mass is 262 g/mol. The summed E-state index contributed by atoms with van der Waals surface area (Å²) in [6.07, 6.45) is 1.74. The number of hydrogen-bond acceptors (Lipinski definition) is 2. The first-order valence-corrected chi connectivity index (χ1v) is 6.23. The molecule has 0 radical (unpaired) electrons. The second kappa shape index (κ2) is 4.94. The second-order valence-corrected chi connectivity index (χ2v) is 4.94. The summed E-state index contributed by atoms with van der Waals surface area (Å²) >= 11 is 6.03. The number of nitrogens with zero attached hydrogens (tertiary/aromatic N) is 2. The molecule has 0 bridgehead atoms. The van der Waals surface area contributed by atoms with E-state index in [0.29, 0.717) is 10.6 Å². The summed E-state index contributed by atoms with van der Waals surface area (Å²) in [6.45, 7) is 5.66. The highest BCUT2D eigenvalue weighted by atomic mass is 35.5. The first-order chi connectivity index (χ1) is 8.50. The van der Waals surface area contributed by atoms with Crippen molar-refractivity contribution in [3.63, 3.8) is 0 Å². The smallest absolute Gasteiger partial charge is 0.160 e. The van der Waals surface area contributed by atoms with E-state index in [2.05, 4.69) is 18.9 Å². The zero-order chi connectivity index (χ0) is 13.3. The molecule has 0 fully saturated rings. The third kappa shape index (κ3) is 2.31. The van der Waals surface area contributed by atoms with Gasteiger partial charge >= 0.3 is 0 Å². The lowest BCUT2D eigenvalue weighted by Crippen LogP contribution is -2.06. The van der Waals surface area contributed by atoms with Gasteiger partial charge < -0.3 is 0 Å². The normalized spacial score (nSPS) is 10.9. The minimum atomic E-state index is 0.0261. The van der Waals surface area contributed by atoms with Gasteiger partial charge in [-0.15, -0.1) is 0 Å². The van der Waals surface area contributed by atoms with Crippen LogP contribution in [0.5, 0.6) is 0 Å². The third-order valence-electron chi connectivity index (χ3n) is 2.80. The van der Waals surface area contributed by atoms with Crippen molar-refractivity contribution in [3.05, 3.63) is 41.0 Å². The topological polar surface area (TPSA) is 34.9 Å². The highest BCUT2D eigenvalue weighted by Crippen LogP contribution is 2.28. The largest absolute Gasteiger partial charge is 0.294 e. The van der Waals surface area contributed by atoms with E-state index in [1.54, 1.807) is 25.3 Å². The van der Waals surface area contributed by atoms with Crippen LogP contribution < -0.4 is 0 Å². The lowest BCUT2D eigenvalue weighted by atomic mass is 10.0. The predicted molar refractivity (Wildman–Crippen MR) is 73.1 cm³/mol. The third-order valence-corrected chi connectivity index (χ3v) is 3.03. The number of ketones is 1. The maximum Gasteiger partial charge on any atom is 0.160 e. The molecule has 0 aliphatic rings. The average Bonchev–Trinajstić information content (AvgIpc) is 2.77. The Labute approximate surface area is 111 Å². The molecule has 0 aliphatic heterocycles. The fourth-order valence-electron chi connectivity index (χ4n) is 1.97. The molecule has 0 saturated heterocycles. The Morgan fingerprint density at radius 1 is 1.33 bits per heavy atom. The van der Waals surface area contributed by atoms with Crippen molar-refractivity contribution in [3.8, 4) is 11.3 Å². The Bertz CT molecular complexity index is 587. The number of Topliss-reactive ketones (excluding diaryl/α,β-unsaturated/α-hetero) is 1. The predicted octanol–water partition coefficient (Wildman–Crippen LogP) is 3.99. The molecule has 1 aromatic carbocycles. The fraction of sp³-hybridized carbons (Fsp3) is 0.286. The second-order valence-electron chi connectivity index (χ2n) is 4.50. The molecule has 1 aromatic heterocycles. The van der Waals surface area contributed by atoms with Gasteiger partial charge in [-0.25, -0.2) is 0 Å². The molecule has 0 atom stereocenters. The van der Waals surface area contributed by atoms with Crippen LogP contribution in [0.2, 0.25) is 5.02 Å². The fourth-order valence-corrected chi connectivity index (χ4v) is 2.15. The summed E-state index contributed by atoms with van der Waals surface area (Å²) in [5.74, 6) is 0.0261. The standard InChI is InChI=1S/C14H15ClN2O/c1-9(2)17-14(6-7-16-17)13-8-11(15)4-5-12(13)10(3)18/h4-9H,1-3H3. The van der Waals surface area contributed by atoms with Crippen molar-refractivity contribution in [2.24, 2.45) is 0 Å². The quantitative estimate of drug-likeness (QED) is 0.784. The van der Waals surface area contributed by atoms with E-state index in [0.717, 1.165) is 11.3 Å². The molecule has 94 valence electrons. The molecular weight excluding hydrogens is 248 g/mol. The molecule has 0 N–H and O–H groups in total. The van der Waals surface area contributed by atoms with E-state index < -0.39 is 0 Å². The van der Waals surface area contributed by atoms with Gasteiger partial charge in [0.05, 0.1) is 5.69 Å². The van der Waals surface area contributed by atoms with Gasteiger partial charge in [-0.1, -0.05) is 11.6 Å². The molecule has 2 aromatic rings. The van der Waals surface area contributed by atoms with E-state index in [9.17, 15) is 4.79 Å². The van der Waals surface area contributed by atoms with Gasteiger partial charge in [0.25, 0.3) is 0 Å². The highest BCUT2D eigenvalue weighted by Gasteiger charge is 2.15. The minimum Gasteiger partial charge on any atom is -0.294 e. The van der Waals surface area contributed by atoms with Crippen molar-refractivity contribution >= 4 is 17.4 Å². The molecule has 1 heterocycles. The first-order valence-electron chi connectivity index (χ1n) is 5.85. The molecule has 0 amide bonds. The number of hydrogen-bond donors (Lipinski definition) is 0. The maximum absolute atomic E-state index is 11.7. The van der Waals surface area contributed by atoms with Crippen molar-refractivity contribution in [1.82, 2.24) is 9.78 Å². The van der Waals surface area contributed by atoms with Crippen molar-refractivity contribution in [2.75, 3.05) is 0 Å². The van der Waals surface area contributed by atoms with E-state index in [-0.39, 0.29) is 11.8 Å². The summed E-state index contributed by atoms with van der Waals surface area (Å²) in [5.41, 5.74) is 2.42. The van der Waals surface area contributed by atoms with Gasteiger partial charge in [-0.2, -0.15) is 5.10 Å². The number of halogens is 1. The van der Waals surface area contributed by atoms with Crippen LogP contribution in [0.15, 0.2) is 30.5 Å². The number of carbonyl (C=O) groups excluding carboxylic acids is 1. The Morgan fingerprint density at radius 2 is 2.06 bits per heavy atom. The molecule has 0 spiro atoms. The van der Waals surface area contributed by atoms with E-state index in [4.69, 9.17) is 11.6 Å². The van der Waals surface area contributed by atoms with Crippen LogP contribution in [0.3, 0.4) is 0 Å². The Morgan fingerprint density at radius 3 is 2.67 bits per heavy atom. The Hall–Kier alpha value is -1.61. The van der Waals surface area contributed by atoms with Crippen LogP contribution in [0.25, 0.3) is 11.3 Å². The van der Waals surface area contributed by atoms with Gasteiger partial charge in [-0.05, 0) is 45.0 Å². The Kier molecular flexibility index (Phi) is 3.53. The van der Waals surface area contributed by atoms with Crippen molar-refractivity contribution < 1.29 is 4.79 Å². The molecule has 0 unspecified atom stereocenters. The first kappa shape index (κ1) is 12.8. The van der Waals surface area contributed by atoms with Crippen LogP contribution in [-0.4, -0.2) is 15.6 Å². The summed E-state index contributed by atoms with van der Waals surface area (Å²) < 4.78 is 1.89. The van der Waals surface area contributed by atoms with Gasteiger partial charge in [-0.3, -0.25) is 9.48 Å². The molecular formula is C14H15ClN2O. The van der Waals surface area contributed by atoms with Crippen LogP contribution in [0.1, 0.15) is 37.2 Å². The number of carbonyl (C=O) groups is 1. The number of aromatic nitrogens is 2. The molecule has 4 heteroatoms. The highest BCUT2D eigenvalue weighted by molar-refractivity contribution is 6.31. The van der Waals surface area contributed by atoms with Crippen molar-refractivity contribution in [2.45, 2.75) is 26.8 Å². The van der Waals surface area contributed by atoms with E-state index in [1.807, 2.05) is 16.8 Å². The molecule has 0 aliphatic carbocycles. The van der Waals surface area contributed by atoms with Crippen LogP contribution in [0, 0.1) is 0 Å². The van der Waals surface area contributed by atoms with Crippen molar-refractivity contribution in [1.29, 1.82) is 0 Å². The maximum atomic E-state index is 11.7. The zero-order valence-electron chi connectivity index (χ0n) is 10.6. The van der Waals surface area contributed by atoms with Gasteiger partial charge in [0, 0.05) is 28.4 Å². The van der Waals surface area contributed by atoms with E-state index >= 15 is 0 Å². The molecule has 0 saturated carbocycles. The number of rotatable bonds is 3. The molecule has 18 heavy (non-hydrogen) atoms. The molecule has 3 nitrogen and oxygen atoms in total. The summed E-state index contributed by atoms with van der Waals surface area (Å²) in [4.78, 5) is 11.7. The summed E-state index contributed by atoms with van der Waals surface area (Å²) in [5, 5.41) is 4.90. The van der Waals surface area contributed by atoms with Gasteiger partial charge in [0.2, 0.25) is 0 Å². The SMILES string of the molecule is CC(=O)c1ccc(Cl)cc1-c1ccnn1C(C)C. The summed E-state index contributed by atoms with van der Waals surface area (Å²) in [6, 6.07) is 7.44. The van der Waals surface area contributed by atoms with E-state index in [1.165, 1.54) is 0 Å². The average molecular weight is 263 g/mol.